The molecule has 0 aromatic heterocycles. The topological polar surface area (TPSA) is 93.1 Å². The van der Waals surface area contributed by atoms with Gasteiger partial charge in [-0.2, -0.15) is 0 Å². The van der Waals surface area contributed by atoms with Crippen molar-refractivity contribution in [3.8, 4) is 0 Å². The fourth-order valence-electron chi connectivity index (χ4n) is 2.63. The van der Waals surface area contributed by atoms with Gasteiger partial charge in [-0.15, -0.1) is 0 Å². The van der Waals surface area contributed by atoms with Gasteiger partial charge in [-0.1, -0.05) is 25.3 Å². The van der Waals surface area contributed by atoms with Gasteiger partial charge in [0.25, 0.3) is 5.54 Å². The largest absolute Gasteiger partial charge is 0.459 e. The summed E-state index contributed by atoms with van der Waals surface area (Å²) in [4.78, 5) is 38.1. The molecule has 0 bridgehead atoms. The van der Waals surface area contributed by atoms with E-state index < -0.39 is 29.0 Å². The normalized spacial score (nSPS) is 23.0. The minimum absolute atomic E-state index is 0.0430. The maximum absolute atomic E-state index is 12.5. The summed E-state index contributed by atoms with van der Waals surface area (Å²) in [5.74, 6) is -2.61. The monoisotopic (exact) mass is 311 g/mol. The van der Waals surface area contributed by atoms with Gasteiger partial charge in [0.2, 0.25) is 5.91 Å². The molecule has 122 valence electrons. The average molecular weight is 311 g/mol. The van der Waals surface area contributed by atoms with Crippen LogP contribution in [-0.4, -0.2) is 58.8 Å². The molecule has 0 aromatic rings. The van der Waals surface area contributed by atoms with Crippen LogP contribution in [0.25, 0.3) is 0 Å². The molecule has 1 N–H and O–H groups in total. The van der Waals surface area contributed by atoms with Crippen molar-refractivity contribution in [1.29, 1.82) is 0 Å². The lowest BCUT2D eigenvalue weighted by atomic mass is 9.81. The van der Waals surface area contributed by atoms with Gasteiger partial charge in [0.15, 0.2) is 0 Å². The first kappa shape index (κ1) is 17.9. The molecule has 7 heteroatoms. The number of carbonyl (C=O) groups is 3. The summed E-state index contributed by atoms with van der Waals surface area (Å²) in [5.41, 5.74) is -4.18. The summed E-state index contributed by atoms with van der Waals surface area (Å²) in [6, 6.07) is 0. The predicted octanol–water partition coefficient (Wildman–Crippen LogP) is 0.187. The zero-order chi connectivity index (χ0) is 17.0. The van der Waals surface area contributed by atoms with Crippen LogP contribution in [0, 0.1) is 0 Å². The van der Waals surface area contributed by atoms with Gasteiger partial charge in [-0.3, -0.25) is 4.79 Å². The number of likely N-dealkylation sites (N-methyl/N-ethyl adjacent to an activating group) is 1. The van der Waals surface area contributed by atoms with Gasteiger partial charge < -0.3 is 19.5 Å². The molecule has 0 spiro atoms. The maximum atomic E-state index is 12.5. The SMILES string of the molecule is C=CCOC(=O)C1(C(=O)OCC=C)N(CC)C(=O)CC1(C)O. The van der Waals surface area contributed by atoms with Crippen LogP contribution in [0.5, 0.6) is 0 Å². The van der Waals surface area contributed by atoms with Crippen molar-refractivity contribution in [2.24, 2.45) is 0 Å². The molecule has 1 rings (SSSR count). The van der Waals surface area contributed by atoms with Crippen molar-refractivity contribution >= 4 is 17.8 Å². The Balaban J connectivity index is 3.38. The number of likely N-dealkylation sites (tertiary alicyclic amines) is 1. The minimum Gasteiger partial charge on any atom is -0.459 e. The number of aliphatic hydroxyl groups is 1. The Hall–Kier alpha value is -2.15. The third-order valence-corrected chi connectivity index (χ3v) is 3.55. The highest BCUT2D eigenvalue weighted by molar-refractivity contribution is 6.12. The minimum atomic E-state index is -2.23. The Bertz CT molecular complexity index is 472. The lowest BCUT2D eigenvalue weighted by Gasteiger charge is -2.39. The van der Waals surface area contributed by atoms with Crippen molar-refractivity contribution in [2.75, 3.05) is 19.8 Å². The van der Waals surface area contributed by atoms with E-state index in [0.717, 1.165) is 4.90 Å². The summed E-state index contributed by atoms with van der Waals surface area (Å²) in [5, 5.41) is 10.6. The standard InChI is InChI=1S/C15H21NO6/c1-5-8-21-12(18)15(13(19)22-9-6-2)14(4,20)10-11(17)16(15)7-3/h5-6,20H,1-2,7-10H2,3-4H3. The molecule has 22 heavy (non-hydrogen) atoms. The van der Waals surface area contributed by atoms with Crippen molar-refractivity contribution in [1.82, 2.24) is 4.90 Å². The van der Waals surface area contributed by atoms with Crippen LogP contribution in [0.4, 0.5) is 0 Å². The van der Waals surface area contributed by atoms with Gasteiger partial charge in [-0.25, -0.2) is 9.59 Å². The molecule has 0 aliphatic carbocycles. The second kappa shape index (κ2) is 6.74. The van der Waals surface area contributed by atoms with Gasteiger partial charge in [0.1, 0.15) is 18.8 Å². The molecular weight excluding hydrogens is 290 g/mol. The molecule has 1 amide bonds. The zero-order valence-electron chi connectivity index (χ0n) is 12.8. The average Bonchev–Trinajstić information content (AvgIpc) is 2.67. The Morgan fingerprint density at radius 2 is 1.73 bits per heavy atom. The predicted molar refractivity (Wildman–Crippen MR) is 77.7 cm³/mol. The van der Waals surface area contributed by atoms with E-state index in [9.17, 15) is 19.5 Å². The first-order valence-corrected chi connectivity index (χ1v) is 6.88. The van der Waals surface area contributed by atoms with E-state index in [1.54, 1.807) is 6.92 Å². The summed E-state index contributed by atoms with van der Waals surface area (Å²) < 4.78 is 9.92. The Morgan fingerprint density at radius 1 is 1.27 bits per heavy atom. The smallest absolute Gasteiger partial charge is 0.347 e. The zero-order valence-corrected chi connectivity index (χ0v) is 12.8. The third kappa shape index (κ3) is 2.64. The van der Waals surface area contributed by atoms with Gasteiger partial charge in [0.05, 0.1) is 6.42 Å². The number of hydrogen-bond donors (Lipinski definition) is 1. The number of hydrogen-bond acceptors (Lipinski definition) is 6. The number of esters is 2. The quantitative estimate of drug-likeness (QED) is 0.410. The van der Waals surface area contributed by atoms with E-state index in [-0.39, 0.29) is 26.2 Å². The number of ether oxygens (including phenoxy) is 2. The Labute approximate surface area is 129 Å². The number of carbonyl (C=O) groups excluding carboxylic acids is 3. The fraction of sp³-hybridized carbons (Fsp3) is 0.533. The molecule has 1 saturated heterocycles. The van der Waals surface area contributed by atoms with Crippen molar-refractivity contribution in [3.63, 3.8) is 0 Å². The lowest BCUT2D eigenvalue weighted by molar-refractivity contribution is -0.187. The molecular formula is C15H21NO6. The number of nitrogens with zero attached hydrogens (tertiary/aromatic N) is 1. The molecule has 1 aliphatic heterocycles. The van der Waals surface area contributed by atoms with Crippen LogP contribution >= 0.6 is 0 Å². The second-order valence-electron chi connectivity index (χ2n) is 5.07. The highest BCUT2D eigenvalue weighted by atomic mass is 16.6. The summed E-state index contributed by atoms with van der Waals surface area (Å²) in [6.45, 7) is 9.40. The lowest BCUT2D eigenvalue weighted by Crippen LogP contribution is -2.68. The summed E-state index contributed by atoms with van der Waals surface area (Å²) >= 11 is 0. The van der Waals surface area contributed by atoms with E-state index in [0.29, 0.717) is 0 Å². The van der Waals surface area contributed by atoms with Gasteiger partial charge >= 0.3 is 11.9 Å². The maximum Gasteiger partial charge on any atom is 0.347 e. The molecule has 1 aliphatic rings. The first-order valence-electron chi connectivity index (χ1n) is 6.88. The molecule has 0 saturated carbocycles. The molecule has 0 radical (unpaired) electrons. The van der Waals surface area contributed by atoms with Crippen molar-refractivity contribution < 1.29 is 29.0 Å². The number of amides is 1. The van der Waals surface area contributed by atoms with Crippen molar-refractivity contribution in [3.05, 3.63) is 25.3 Å². The van der Waals surface area contributed by atoms with Crippen LogP contribution in [0.15, 0.2) is 25.3 Å². The second-order valence-corrected chi connectivity index (χ2v) is 5.07. The fourth-order valence-corrected chi connectivity index (χ4v) is 2.63. The number of rotatable bonds is 7. The summed E-state index contributed by atoms with van der Waals surface area (Å²) in [7, 11) is 0. The highest BCUT2D eigenvalue weighted by Crippen LogP contribution is 2.41. The van der Waals surface area contributed by atoms with E-state index >= 15 is 0 Å². The van der Waals surface area contributed by atoms with E-state index in [2.05, 4.69) is 13.2 Å². The van der Waals surface area contributed by atoms with Gasteiger partial charge in [-0.05, 0) is 13.8 Å². The Morgan fingerprint density at radius 3 is 2.09 bits per heavy atom. The third-order valence-electron chi connectivity index (χ3n) is 3.55. The summed E-state index contributed by atoms with van der Waals surface area (Å²) in [6.07, 6.45) is 2.26. The van der Waals surface area contributed by atoms with Crippen LogP contribution in [0.2, 0.25) is 0 Å². The molecule has 1 atom stereocenters. The molecule has 1 fully saturated rings. The van der Waals surface area contributed by atoms with Crippen molar-refractivity contribution in [2.45, 2.75) is 31.4 Å². The van der Waals surface area contributed by atoms with Gasteiger partial charge in [0, 0.05) is 6.54 Å². The Kier molecular flexibility index (Phi) is 5.48. The van der Waals surface area contributed by atoms with Crippen LogP contribution in [0.1, 0.15) is 20.3 Å². The van der Waals surface area contributed by atoms with Crippen LogP contribution in [0.3, 0.4) is 0 Å². The molecule has 1 unspecified atom stereocenters. The first-order chi connectivity index (χ1) is 10.3. The van der Waals surface area contributed by atoms with Crippen LogP contribution < -0.4 is 0 Å². The molecule has 1 heterocycles. The van der Waals surface area contributed by atoms with Crippen LogP contribution in [-0.2, 0) is 23.9 Å². The molecule has 0 aromatic carbocycles. The molecule has 7 nitrogen and oxygen atoms in total. The highest BCUT2D eigenvalue weighted by Gasteiger charge is 2.71. The van der Waals surface area contributed by atoms with E-state index in [1.165, 1.54) is 19.1 Å². The van der Waals surface area contributed by atoms with E-state index in [1.807, 2.05) is 0 Å². The van der Waals surface area contributed by atoms with E-state index in [4.69, 9.17) is 9.47 Å².